The first kappa shape index (κ1) is 19.5. The lowest BCUT2D eigenvalue weighted by Gasteiger charge is -2.16. The number of aliphatic hydroxyl groups is 1. The van der Waals surface area contributed by atoms with Gasteiger partial charge in [0, 0.05) is 11.8 Å². The maximum Gasteiger partial charge on any atom is 0.351 e. The molecule has 1 aromatic heterocycles. The number of aliphatic hydroxyl groups excluding tert-OH is 1. The monoisotopic (exact) mass is 371 g/mol. The third kappa shape index (κ3) is 4.43. The maximum atomic E-state index is 14.3. The van der Waals surface area contributed by atoms with E-state index in [2.05, 4.69) is 16.3 Å². The van der Waals surface area contributed by atoms with E-state index in [1.807, 2.05) is 0 Å². The van der Waals surface area contributed by atoms with E-state index in [9.17, 15) is 23.9 Å². The van der Waals surface area contributed by atoms with Gasteiger partial charge in [-0.15, -0.1) is 0 Å². The van der Waals surface area contributed by atoms with E-state index in [4.69, 9.17) is 15.2 Å². The van der Waals surface area contributed by atoms with Gasteiger partial charge in [0.05, 0.1) is 0 Å². The summed E-state index contributed by atoms with van der Waals surface area (Å²) >= 11 is 0. The molecule has 26 heavy (non-hydrogen) atoms. The number of halogens is 1. The number of carbonyl (C=O) groups excluding carboxylic acids is 2. The maximum absolute atomic E-state index is 14.3. The minimum absolute atomic E-state index is 0.0463. The molecular formula is C15H18FN3O7. The Hall–Kier alpha value is -2.79. The predicted molar refractivity (Wildman–Crippen MR) is 84.5 cm³/mol. The molecule has 0 saturated carbocycles. The molecule has 2 unspecified atom stereocenters. The van der Waals surface area contributed by atoms with E-state index >= 15 is 0 Å². The molecule has 0 bridgehead atoms. The number of hydrogen-bond acceptors (Lipinski definition) is 9. The highest BCUT2D eigenvalue weighted by molar-refractivity contribution is 5.88. The fourth-order valence-corrected chi connectivity index (χ4v) is 2.15. The van der Waals surface area contributed by atoms with Gasteiger partial charge in [-0.1, -0.05) is 6.58 Å². The molecule has 1 fully saturated rings. The fourth-order valence-electron chi connectivity index (χ4n) is 2.15. The highest BCUT2D eigenvalue weighted by atomic mass is 19.1. The molecule has 0 aromatic carbocycles. The van der Waals surface area contributed by atoms with Crippen LogP contribution in [0.3, 0.4) is 0 Å². The Balaban J connectivity index is 1.93. The Morgan fingerprint density at radius 2 is 2.19 bits per heavy atom. The minimum Gasteiger partial charge on any atom is -0.460 e. The molecule has 0 aliphatic carbocycles. The van der Waals surface area contributed by atoms with Crippen molar-refractivity contribution in [1.29, 1.82) is 0 Å². The first-order valence-electron chi connectivity index (χ1n) is 7.51. The number of carbonyl (C=O) groups is 2. The lowest BCUT2D eigenvalue weighted by Crippen LogP contribution is -2.34. The summed E-state index contributed by atoms with van der Waals surface area (Å²) in [4.78, 5) is 37.9. The van der Waals surface area contributed by atoms with E-state index in [0.717, 1.165) is 4.57 Å². The van der Waals surface area contributed by atoms with Crippen molar-refractivity contribution in [3.63, 3.8) is 0 Å². The quantitative estimate of drug-likeness (QED) is 0.479. The number of hydrogen-bond donors (Lipinski definition) is 2. The predicted octanol–water partition coefficient (Wildman–Crippen LogP) is -0.916. The number of nitrogen functional groups attached to an aromatic ring is 1. The van der Waals surface area contributed by atoms with E-state index < -0.39 is 55.4 Å². The first-order valence-corrected chi connectivity index (χ1v) is 7.51. The number of nitrogens with zero attached hydrogens (tertiary/aromatic N) is 2. The summed E-state index contributed by atoms with van der Waals surface area (Å²) in [6.45, 7) is 3.59. The summed E-state index contributed by atoms with van der Waals surface area (Å²) in [5, 5.41) is 9.89. The zero-order valence-corrected chi connectivity index (χ0v) is 13.8. The molecule has 1 saturated heterocycles. The van der Waals surface area contributed by atoms with Crippen molar-refractivity contribution in [2.24, 2.45) is 0 Å². The average molecular weight is 371 g/mol. The van der Waals surface area contributed by atoms with Crippen molar-refractivity contribution in [1.82, 2.24) is 9.55 Å². The van der Waals surface area contributed by atoms with Crippen LogP contribution in [0.1, 0.15) is 13.2 Å². The smallest absolute Gasteiger partial charge is 0.351 e. The SMILES string of the molecule is C=C(C)C(=O)OCC(=O)OC[C@H]1O[C@@H](n2ccc(N)nc2=O)C(F)C1O. The number of esters is 2. The summed E-state index contributed by atoms with van der Waals surface area (Å²) in [5.74, 6) is -1.73. The van der Waals surface area contributed by atoms with Crippen LogP contribution in [-0.2, 0) is 23.8 Å². The van der Waals surface area contributed by atoms with E-state index in [0.29, 0.717) is 0 Å². The van der Waals surface area contributed by atoms with Crippen LogP contribution < -0.4 is 11.4 Å². The number of rotatable bonds is 6. The number of alkyl halides is 1. The van der Waals surface area contributed by atoms with Gasteiger partial charge >= 0.3 is 17.6 Å². The molecule has 1 aliphatic heterocycles. The van der Waals surface area contributed by atoms with Gasteiger partial charge in [0.1, 0.15) is 24.6 Å². The second kappa shape index (κ2) is 8.06. The summed E-state index contributed by atoms with van der Waals surface area (Å²) in [6.07, 6.45) is -5.09. The largest absolute Gasteiger partial charge is 0.460 e. The fraction of sp³-hybridized carbons (Fsp3) is 0.467. The molecule has 3 N–H and O–H groups in total. The molecule has 0 radical (unpaired) electrons. The number of nitrogens with two attached hydrogens (primary N) is 1. The number of ether oxygens (including phenoxy) is 3. The standard InChI is InChI=1S/C15H18FN3O7/c1-7(2)14(22)25-6-10(20)24-5-8-12(21)11(16)13(26-8)19-4-3-9(17)18-15(19)23/h3-4,8,11-13,21H,1,5-6H2,2H3,(H2,17,18,23)/t8-,11?,12?,13-/m1/s1. The number of aromatic nitrogens is 2. The van der Waals surface area contributed by atoms with Crippen molar-refractivity contribution in [3.05, 3.63) is 34.9 Å². The van der Waals surface area contributed by atoms with Gasteiger partial charge in [0.25, 0.3) is 0 Å². The Bertz CT molecular complexity index is 766. The summed E-state index contributed by atoms with van der Waals surface area (Å²) in [7, 11) is 0. The molecule has 0 amide bonds. The summed E-state index contributed by atoms with van der Waals surface area (Å²) in [5.41, 5.74) is 4.61. The normalized spacial score (nSPS) is 24.9. The van der Waals surface area contributed by atoms with Gasteiger partial charge in [0.2, 0.25) is 0 Å². The molecule has 10 nitrogen and oxygen atoms in total. The molecular weight excluding hydrogens is 353 g/mol. The van der Waals surface area contributed by atoms with Gasteiger partial charge in [-0.2, -0.15) is 4.98 Å². The molecule has 2 rings (SSSR count). The Morgan fingerprint density at radius 1 is 1.50 bits per heavy atom. The van der Waals surface area contributed by atoms with Crippen LogP contribution in [0.15, 0.2) is 29.2 Å². The van der Waals surface area contributed by atoms with E-state index in [1.165, 1.54) is 19.2 Å². The molecule has 11 heteroatoms. The topological polar surface area (TPSA) is 143 Å². The lowest BCUT2D eigenvalue weighted by molar-refractivity contribution is -0.160. The van der Waals surface area contributed by atoms with Gasteiger partial charge in [-0.3, -0.25) is 4.57 Å². The first-order chi connectivity index (χ1) is 12.2. The molecule has 0 spiro atoms. The van der Waals surface area contributed by atoms with Gasteiger partial charge in [-0.05, 0) is 13.0 Å². The van der Waals surface area contributed by atoms with Crippen molar-refractivity contribution in [3.8, 4) is 0 Å². The molecule has 1 aromatic rings. The van der Waals surface area contributed by atoms with Gasteiger partial charge in [0.15, 0.2) is 19.0 Å². The van der Waals surface area contributed by atoms with Crippen LogP contribution in [0.4, 0.5) is 10.2 Å². The zero-order chi connectivity index (χ0) is 19.4. The van der Waals surface area contributed by atoms with Gasteiger partial charge < -0.3 is 25.1 Å². The second-order valence-corrected chi connectivity index (χ2v) is 5.58. The zero-order valence-electron chi connectivity index (χ0n) is 13.8. The van der Waals surface area contributed by atoms with Crippen molar-refractivity contribution in [2.75, 3.05) is 18.9 Å². The highest BCUT2D eigenvalue weighted by Crippen LogP contribution is 2.31. The van der Waals surface area contributed by atoms with Crippen LogP contribution in [0.2, 0.25) is 0 Å². The lowest BCUT2D eigenvalue weighted by atomic mass is 10.1. The molecule has 2 heterocycles. The molecule has 142 valence electrons. The van der Waals surface area contributed by atoms with Crippen LogP contribution >= 0.6 is 0 Å². The Labute approximate surface area is 147 Å². The third-order valence-electron chi connectivity index (χ3n) is 3.50. The van der Waals surface area contributed by atoms with E-state index in [-0.39, 0.29) is 11.4 Å². The van der Waals surface area contributed by atoms with Crippen LogP contribution in [0.5, 0.6) is 0 Å². The Morgan fingerprint density at radius 3 is 2.81 bits per heavy atom. The third-order valence-corrected chi connectivity index (χ3v) is 3.50. The van der Waals surface area contributed by atoms with E-state index in [1.54, 1.807) is 0 Å². The van der Waals surface area contributed by atoms with Crippen molar-refractivity contribution < 1.29 is 33.3 Å². The highest BCUT2D eigenvalue weighted by Gasteiger charge is 2.46. The van der Waals surface area contributed by atoms with Crippen molar-refractivity contribution >= 4 is 17.8 Å². The minimum atomic E-state index is -1.96. The number of anilines is 1. The van der Waals surface area contributed by atoms with Crippen LogP contribution in [-0.4, -0.2) is 58.2 Å². The van der Waals surface area contributed by atoms with Crippen LogP contribution in [0.25, 0.3) is 0 Å². The van der Waals surface area contributed by atoms with Crippen molar-refractivity contribution in [2.45, 2.75) is 31.5 Å². The summed E-state index contributed by atoms with van der Waals surface area (Å²) in [6, 6.07) is 1.27. The molecule has 4 atom stereocenters. The second-order valence-electron chi connectivity index (χ2n) is 5.58. The summed E-state index contributed by atoms with van der Waals surface area (Å²) < 4.78 is 29.7. The van der Waals surface area contributed by atoms with Crippen LogP contribution in [0, 0.1) is 0 Å². The molecule has 1 aliphatic rings. The average Bonchev–Trinajstić information content (AvgIpc) is 2.86. The Kier molecular flexibility index (Phi) is 6.05. The van der Waals surface area contributed by atoms with Gasteiger partial charge in [-0.25, -0.2) is 18.8 Å².